The maximum atomic E-state index is 13.0. The Morgan fingerprint density at radius 2 is 1.93 bits per heavy atom. The van der Waals surface area contributed by atoms with Gasteiger partial charge in [0.2, 0.25) is 5.91 Å². The van der Waals surface area contributed by atoms with Crippen LogP contribution in [0.4, 0.5) is 5.69 Å². The summed E-state index contributed by atoms with van der Waals surface area (Å²) in [7, 11) is 0. The van der Waals surface area contributed by atoms with Crippen LogP contribution >= 0.6 is 11.6 Å². The van der Waals surface area contributed by atoms with E-state index in [1.807, 2.05) is 32.0 Å². The molecule has 0 aliphatic carbocycles. The number of carbonyl (C=O) groups excluding carboxylic acids is 1. The third-order valence-corrected chi connectivity index (χ3v) is 4.86. The molecule has 27 heavy (non-hydrogen) atoms. The number of benzene rings is 2. The Bertz CT molecular complexity index is 1260. The fraction of sp³-hybridized carbons (Fsp3) is 0.150. The summed E-state index contributed by atoms with van der Waals surface area (Å²) in [5.41, 5.74) is 3.35. The van der Waals surface area contributed by atoms with E-state index in [-0.39, 0.29) is 18.0 Å². The topological polar surface area (TPSA) is 68.4 Å². The first-order valence-corrected chi connectivity index (χ1v) is 8.86. The molecule has 1 N–H and O–H groups in total. The molecule has 2 aromatic carbocycles. The van der Waals surface area contributed by atoms with Crippen LogP contribution < -0.4 is 10.9 Å². The van der Waals surface area contributed by atoms with Gasteiger partial charge in [0.1, 0.15) is 12.2 Å². The lowest BCUT2D eigenvalue weighted by molar-refractivity contribution is -0.116. The third kappa shape index (κ3) is 3.08. The summed E-state index contributed by atoms with van der Waals surface area (Å²) in [4.78, 5) is 25.5. The van der Waals surface area contributed by atoms with Gasteiger partial charge in [0, 0.05) is 16.8 Å². The number of nitrogens with zero attached hydrogens (tertiary/aromatic N) is 3. The molecule has 0 atom stereocenters. The Labute approximate surface area is 160 Å². The van der Waals surface area contributed by atoms with E-state index in [0.717, 1.165) is 11.3 Å². The van der Waals surface area contributed by atoms with Gasteiger partial charge in [-0.3, -0.25) is 14.2 Å². The van der Waals surface area contributed by atoms with E-state index in [0.29, 0.717) is 27.3 Å². The molecule has 7 heteroatoms. The van der Waals surface area contributed by atoms with E-state index in [9.17, 15) is 9.59 Å². The minimum Gasteiger partial charge on any atom is -0.324 e. The van der Waals surface area contributed by atoms with Crippen LogP contribution in [0.5, 0.6) is 0 Å². The van der Waals surface area contributed by atoms with Gasteiger partial charge < -0.3 is 5.32 Å². The summed E-state index contributed by atoms with van der Waals surface area (Å²) in [5, 5.41) is 8.34. The largest absolute Gasteiger partial charge is 0.324 e. The van der Waals surface area contributed by atoms with Gasteiger partial charge >= 0.3 is 0 Å². The molecule has 6 nitrogen and oxygen atoms in total. The summed E-state index contributed by atoms with van der Waals surface area (Å²) in [6.45, 7) is 3.62. The molecule has 0 saturated heterocycles. The Morgan fingerprint density at radius 3 is 2.70 bits per heavy atom. The zero-order valence-electron chi connectivity index (χ0n) is 14.9. The number of para-hydroxylation sites is 1. The predicted molar refractivity (Wildman–Crippen MR) is 107 cm³/mol. The van der Waals surface area contributed by atoms with Crippen molar-refractivity contribution in [1.82, 2.24) is 14.2 Å². The van der Waals surface area contributed by atoms with E-state index in [4.69, 9.17) is 11.6 Å². The maximum absolute atomic E-state index is 13.0. The molecule has 0 bridgehead atoms. The molecule has 0 saturated carbocycles. The number of fused-ring (bicyclic) bond motifs is 3. The van der Waals surface area contributed by atoms with Gasteiger partial charge in [0.05, 0.1) is 16.6 Å². The van der Waals surface area contributed by atoms with Crippen LogP contribution in [-0.2, 0) is 11.3 Å². The summed E-state index contributed by atoms with van der Waals surface area (Å²) in [5.74, 6) is -0.312. The predicted octanol–water partition coefficient (Wildman–Crippen LogP) is 3.56. The Hall–Kier alpha value is -3.12. The molecule has 0 unspecified atom stereocenters. The van der Waals surface area contributed by atoms with Gasteiger partial charge in [-0.25, -0.2) is 4.52 Å². The smallest absolute Gasteiger partial charge is 0.262 e. The molecule has 0 aliphatic heterocycles. The highest BCUT2D eigenvalue weighted by atomic mass is 35.5. The van der Waals surface area contributed by atoms with E-state index < -0.39 is 0 Å². The Balaban J connectivity index is 1.76. The van der Waals surface area contributed by atoms with Crippen LogP contribution in [0.15, 0.2) is 53.3 Å². The molecule has 0 radical (unpaired) electrons. The van der Waals surface area contributed by atoms with Crippen molar-refractivity contribution < 1.29 is 4.79 Å². The highest BCUT2D eigenvalue weighted by Crippen LogP contribution is 2.20. The highest BCUT2D eigenvalue weighted by Gasteiger charge is 2.15. The zero-order chi connectivity index (χ0) is 19.1. The van der Waals surface area contributed by atoms with Crippen molar-refractivity contribution in [2.24, 2.45) is 0 Å². The fourth-order valence-corrected chi connectivity index (χ4v) is 3.29. The number of anilines is 1. The van der Waals surface area contributed by atoms with Crippen LogP contribution in [0.2, 0.25) is 5.02 Å². The first-order valence-electron chi connectivity index (χ1n) is 8.48. The lowest BCUT2D eigenvalue weighted by Gasteiger charge is -2.11. The van der Waals surface area contributed by atoms with E-state index in [1.54, 1.807) is 34.8 Å². The number of carbonyl (C=O) groups is 1. The first kappa shape index (κ1) is 17.3. The lowest BCUT2D eigenvalue weighted by Crippen LogP contribution is -2.29. The van der Waals surface area contributed by atoms with Crippen LogP contribution in [-0.4, -0.2) is 20.1 Å². The first-order chi connectivity index (χ1) is 12.9. The highest BCUT2D eigenvalue weighted by molar-refractivity contribution is 6.31. The van der Waals surface area contributed by atoms with Gasteiger partial charge in [-0.1, -0.05) is 29.8 Å². The molecule has 0 aliphatic rings. The maximum Gasteiger partial charge on any atom is 0.262 e. The van der Waals surface area contributed by atoms with Crippen molar-refractivity contribution in [2.75, 3.05) is 5.32 Å². The van der Waals surface area contributed by atoms with Crippen LogP contribution in [0.3, 0.4) is 0 Å². The van der Waals surface area contributed by atoms with Crippen molar-refractivity contribution in [3.8, 4) is 0 Å². The molecular formula is C20H17ClN4O2. The minimum atomic E-state index is -0.312. The second-order valence-electron chi connectivity index (χ2n) is 6.48. The number of halogens is 1. The van der Waals surface area contributed by atoms with Crippen molar-refractivity contribution in [1.29, 1.82) is 0 Å². The normalized spacial score (nSPS) is 11.2. The molecule has 2 aromatic heterocycles. The van der Waals surface area contributed by atoms with E-state index >= 15 is 0 Å². The standard InChI is InChI=1S/C20H17ClN4O2/c1-12-7-8-14(10-16(12)21)22-18(26)11-24-19-9-13(2)23-25(19)17-6-4-3-5-15(17)20(24)27/h3-10H,11H2,1-2H3,(H,22,26). The van der Waals surface area contributed by atoms with Gasteiger partial charge in [0.15, 0.2) is 0 Å². The van der Waals surface area contributed by atoms with Gasteiger partial charge in [-0.15, -0.1) is 0 Å². The quantitative estimate of drug-likeness (QED) is 0.591. The van der Waals surface area contributed by atoms with Crippen molar-refractivity contribution in [3.63, 3.8) is 0 Å². The fourth-order valence-electron chi connectivity index (χ4n) is 3.11. The van der Waals surface area contributed by atoms with Crippen molar-refractivity contribution in [3.05, 3.63) is 75.2 Å². The molecule has 0 fully saturated rings. The van der Waals surface area contributed by atoms with Crippen molar-refractivity contribution in [2.45, 2.75) is 20.4 Å². The monoisotopic (exact) mass is 380 g/mol. The summed E-state index contributed by atoms with van der Waals surface area (Å²) < 4.78 is 3.13. The summed E-state index contributed by atoms with van der Waals surface area (Å²) >= 11 is 6.11. The van der Waals surface area contributed by atoms with E-state index in [2.05, 4.69) is 10.4 Å². The number of amides is 1. The zero-order valence-corrected chi connectivity index (χ0v) is 15.6. The molecule has 4 rings (SSSR count). The molecular weight excluding hydrogens is 364 g/mol. The van der Waals surface area contributed by atoms with Crippen LogP contribution in [0, 0.1) is 13.8 Å². The number of hydrogen-bond acceptors (Lipinski definition) is 3. The Kier molecular flexibility index (Phi) is 4.20. The number of rotatable bonds is 3. The summed E-state index contributed by atoms with van der Waals surface area (Å²) in [6.07, 6.45) is 0. The molecule has 0 spiro atoms. The molecule has 1 amide bonds. The second-order valence-corrected chi connectivity index (χ2v) is 6.88. The van der Waals surface area contributed by atoms with Crippen LogP contribution in [0.1, 0.15) is 11.3 Å². The third-order valence-electron chi connectivity index (χ3n) is 4.45. The lowest BCUT2D eigenvalue weighted by atomic mass is 10.2. The average Bonchev–Trinajstić information content (AvgIpc) is 3.03. The molecule has 136 valence electrons. The number of nitrogens with one attached hydrogen (secondary N) is 1. The van der Waals surface area contributed by atoms with Gasteiger partial charge in [-0.2, -0.15) is 5.10 Å². The second kappa shape index (κ2) is 6.55. The van der Waals surface area contributed by atoms with Gasteiger partial charge in [-0.05, 0) is 43.7 Å². The van der Waals surface area contributed by atoms with E-state index in [1.165, 1.54) is 4.57 Å². The number of hydrogen-bond donors (Lipinski definition) is 1. The summed E-state index contributed by atoms with van der Waals surface area (Å²) in [6, 6.07) is 14.3. The average molecular weight is 381 g/mol. The molecule has 4 aromatic rings. The SMILES string of the molecule is Cc1cc2n(CC(=O)Nc3ccc(C)c(Cl)c3)c(=O)c3ccccc3n2n1. The molecule has 2 heterocycles. The number of aryl methyl sites for hydroxylation is 2. The van der Waals surface area contributed by atoms with Crippen LogP contribution in [0.25, 0.3) is 16.6 Å². The number of aromatic nitrogens is 3. The minimum absolute atomic E-state index is 0.121. The van der Waals surface area contributed by atoms with Crippen molar-refractivity contribution >= 4 is 39.7 Å². The van der Waals surface area contributed by atoms with Gasteiger partial charge in [0.25, 0.3) is 5.56 Å². The Morgan fingerprint density at radius 1 is 1.15 bits per heavy atom.